The van der Waals surface area contributed by atoms with Gasteiger partial charge in [0.2, 0.25) is 0 Å². The van der Waals surface area contributed by atoms with Gasteiger partial charge >= 0.3 is 5.97 Å². The van der Waals surface area contributed by atoms with Gasteiger partial charge in [0.15, 0.2) is 0 Å². The lowest BCUT2D eigenvalue weighted by molar-refractivity contribution is -0.142. The first-order valence-electron chi connectivity index (χ1n) is 8.68. The van der Waals surface area contributed by atoms with E-state index in [1.807, 2.05) is 48.2 Å². The number of carbonyl (C=O) groups is 1. The summed E-state index contributed by atoms with van der Waals surface area (Å²) in [5, 5.41) is 10.6. The normalized spacial score (nSPS) is 18.7. The molecule has 1 saturated heterocycles. The maximum Gasteiger partial charge on any atom is 0.320 e. The van der Waals surface area contributed by atoms with Gasteiger partial charge in [-0.25, -0.2) is 0 Å². The van der Waals surface area contributed by atoms with Crippen LogP contribution in [0.2, 0.25) is 10.0 Å². The fourth-order valence-corrected chi connectivity index (χ4v) is 4.00. The minimum absolute atomic E-state index is 0.301. The molecule has 0 aliphatic carbocycles. The standard InChI is InChI=1S/C20H21Cl2NO3/c1-2-26-14-7-3-6-13(12-14)19(15-8-4-9-16(21)18(15)22)23-11-5-10-17(23)20(24)25/h3-4,6-9,12,17,19H,2,5,10-11H2,1H3,(H,24,25). The molecule has 26 heavy (non-hydrogen) atoms. The molecule has 0 saturated carbocycles. The van der Waals surface area contributed by atoms with E-state index in [2.05, 4.69) is 0 Å². The van der Waals surface area contributed by atoms with Crippen LogP contribution in [0.3, 0.4) is 0 Å². The van der Waals surface area contributed by atoms with Crippen LogP contribution in [0.4, 0.5) is 0 Å². The number of halogens is 2. The van der Waals surface area contributed by atoms with Crippen molar-refractivity contribution in [3.8, 4) is 5.75 Å². The van der Waals surface area contributed by atoms with Crippen molar-refractivity contribution in [1.82, 2.24) is 4.90 Å². The number of hydrogen-bond acceptors (Lipinski definition) is 3. The second kappa shape index (κ2) is 8.30. The summed E-state index contributed by atoms with van der Waals surface area (Å²) in [5.74, 6) is -0.0640. The van der Waals surface area contributed by atoms with Crippen LogP contribution in [0.15, 0.2) is 42.5 Å². The highest BCUT2D eigenvalue weighted by atomic mass is 35.5. The van der Waals surface area contributed by atoms with E-state index in [1.54, 1.807) is 6.07 Å². The van der Waals surface area contributed by atoms with Crippen molar-refractivity contribution in [3.63, 3.8) is 0 Å². The average Bonchev–Trinajstić information content (AvgIpc) is 3.09. The summed E-state index contributed by atoms with van der Waals surface area (Å²) >= 11 is 12.7. The molecule has 0 radical (unpaired) electrons. The van der Waals surface area contributed by atoms with E-state index in [0.717, 1.165) is 23.3 Å². The summed E-state index contributed by atoms with van der Waals surface area (Å²) in [5.41, 5.74) is 1.74. The quantitative estimate of drug-likeness (QED) is 0.747. The molecule has 2 aromatic rings. The first-order valence-corrected chi connectivity index (χ1v) is 9.43. The smallest absolute Gasteiger partial charge is 0.320 e. The Morgan fingerprint density at radius 3 is 2.81 bits per heavy atom. The highest BCUT2D eigenvalue weighted by Crippen LogP contribution is 2.40. The second-order valence-electron chi connectivity index (χ2n) is 6.29. The first kappa shape index (κ1) is 19.0. The number of carboxylic acids is 1. The predicted octanol–water partition coefficient (Wildman–Crippen LogP) is 5.03. The van der Waals surface area contributed by atoms with Crippen LogP contribution in [-0.2, 0) is 4.79 Å². The molecule has 1 heterocycles. The van der Waals surface area contributed by atoms with Gasteiger partial charge in [0.1, 0.15) is 11.8 Å². The van der Waals surface area contributed by atoms with Crippen LogP contribution < -0.4 is 4.74 Å². The highest BCUT2D eigenvalue weighted by Gasteiger charge is 2.37. The Labute approximate surface area is 163 Å². The summed E-state index contributed by atoms with van der Waals surface area (Å²) < 4.78 is 5.63. The van der Waals surface area contributed by atoms with Gasteiger partial charge in [-0.15, -0.1) is 0 Å². The lowest BCUT2D eigenvalue weighted by atomic mass is 9.96. The van der Waals surface area contributed by atoms with E-state index in [4.69, 9.17) is 27.9 Å². The molecule has 2 atom stereocenters. The van der Waals surface area contributed by atoms with Gasteiger partial charge in [-0.2, -0.15) is 0 Å². The van der Waals surface area contributed by atoms with Crippen molar-refractivity contribution < 1.29 is 14.6 Å². The van der Waals surface area contributed by atoms with Crippen LogP contribution in [-0.4, -0.2) is 35.2 Å². The Bertz CT molecular complexity index is 796. The number of rotatable bonds is 6. The van der Waals surface area contributed by atoms with E-state index in [-0.39, 0.29) is 6.04 Å². The number of benzene rings is 2. The zero-order chi connectivity index (χ0) is 18.7. The number of ether oxygens (including phenoxy) is 1. The molecule has 138 valence electrons. The average molecular weight is 394 g/mol. The summed E-state index contributed by atoms with van der Waals surface area (Å²) in [6, 6.07) is 12.4. The molecular formula is C20H21Cl2NO3. The number of carboxylic acid groups (broad SMARTS) is 1. The molecule has 1 fully saturated rings. The van der Waals surface area contributed by atoms with Gasteiger partial charge in [0, 0.05) is 6.54 Å². The summed E-state index contributed by atoms with van der Waals surface area (Å²) in [6.07, 6.45) is 1.45. The van der Waals surface area contributed by atoms with Gasteiger partial charge in [-0.1, -0.05) is 47.5 Å². The third-order valence-electron chi connectivity index (χ3n) is 4.67. The minimum Gasteiger partial charge on any atom is -0.494 e. The van der Waals surface area contributed by atoms with Gasteiger partial charge in [-0.3, -0.25) is 9.69 Å². The molecular weight excluding hydrogens is 373 g/mol. The van der Waals surface area contributed by atoms with E-state index < -0.39 is 12.0 Å². The zero-order valence-electron chi connectivity index (χ0n) is 14.5. The molecule has 6 heteroatoms. The monoisotopic (exact) mass is 393 g/mol. The van der Waals surface area contributed by atoms with E-state index in [0.29, 0.717) is 29.6 Å². The minimum atomic E-state index is -0.813. The maximum atomic E-state index is 11.8. The molecule has 1 N–H and O–H groups in total. The summed E-state index contributed by atoms with van der Waals surface area (Å²) in [6.45, 7) is 3.18. The zero-order valence-corrected chi connectivity index (χ0v) is 16.0. The van der Waals surface area contributed by atoms with Gasteiger partial charge < -0.3 is 9.84 Å². The van der Waals surface area contributed by atoms with E-state index >= 15 is 0 Å². The van der Waals surface area contributed by atoms with E-state index in [1.165, 1.54) is 0 Å². The summed E-state index contributed by atoms with van der Waals surface area (Å²) in [4.78, 5) is 13.8. The second-order valence-corrected chi connectivity index (χ2v) is 7.07. The lowest BCUT2D eigenvalue weighted by Gasteiger charge is -2.32. The van der Waals surface area contributed by atoms with Crippen molar-refractivity contribution in [3.05, 3.63) is 63.6 Å². The topological polar surface area (TPSA) is 49.8 Å². The van der Waals surface area contributed by atoms with Crippen LogP contribution in [0.5, 0.6) is 5.75 Å². The Kier molecular flexibility index (Phi) is 6.07. The third kappa shape index (κ3) is 3.83. The van der Waals surface area contributed by atoms with Crippen LogP contribution >= 0.6 is 23.2 Å². The Hall–Kier alpha value is -1.75. The van der Waals surface area contributed by atoms with Crippen molar-refractivity contribution in [2.75, 3.05) is 13.2 Å². The van der Waals surface area contributed by atoms with Gasteiger partial charge in [0.25, 0.3) is 0 Å². The van der Waals surface area contributed by atoms with Crippen molar-refractivity contribution in [2.24, 2.45) is 0 Å². The van der Waals surface area contributed by atoms with Crippen molar-refractivity contribution in [1.29, 1.82) is 0 Å². The number of nitrogens with zero attached hydrogens (tertiary/aromatic N) is 1. The number of hydrogen-bond donors (Lipinski definition) is 1. The fourth-order valence-electron chi connectivity index (χ4n) is 3.59. The fraction of sp³-hybridized carbons (Fsp3) is 0.350. The molecule has 1 aliphatic heterocycles. The molecule has 1 aliphatic rings. The molecule has 4 nitrogen and oxygen atoms in total. The molecule has 0 bridgehead atoms. The lowest BCUT2D eigenvalue weighted by Crippen LogP contribution is -2.39. The molecule has 0 spiro atoms. The molecule has 0 aromatic heterocycles. The largest absolute Gasteiger partial charge is 0.494 e. The Morgan fingerprint density at radius 2 is 2.08 bits per heavy atom. The Balaban J connectivity index is 2.12. The van der Waals surface area contributed by atoms with Crippen LogP contribution in [0.1, 0.15) is 36.9 Å². The maximum absolute atomic E-state index is 11.8. The van der Waals surface area contributed by atoms with Crippen molar-refractivity contribution in [2.45, 2.75) is 31.8 Å². The van der Waals surface area contributed by atoms with Crippen molar-refractivity contribution >= 4 is 29.2 Å². The van der Waals surface area contributed by atoms with Crippen LogP contribution in [0.25, 0.3) is 0 Å². The summed E-state index contributed by atoms with van der Waals surface area (Å²) in [7, 11) is 0. The first-order chi connectivity index (χ1) is 12.5. The van der Waals surface area contributed by atoms with Crippen LogP contribution in [0, 0.1) is 0 Å². The predicted molar refractivity (Wildman–Crippen MR) is 103 cm³/mol. The van der Waals surface area contributed by atoms with E-state index in [9.17, 15) is 9.90 Å². The number of likely N-dealkylation sites (tertiary alicyclic amines) is 1. The highest BCUT2D eigenvalue weighted by molar-refractivity contribution is 6.42. The molecule has 3 rings (SSSR count). The molecule has 2 unspecified atom stereocenters. The third-order valence-corrected chi connectivity index (χ3v) is 5.51. The van der Waals surface area contributed by atoms with Gasteiger partial charge in [0.05, 0.1) is 22.7 Å². The number of aliphatic carboxylic acids is 1. The SMILES string of the molecule is CCOc1cccc(C(c2cccc(Cl)c2Cl)N2CCCC2C(=O)O)c1. The van der Waals surface area contributed by atoms with Gasteiger partial charge in [-0.05, 0) is 49.1 Å². The molecule has 0 amide bonds. The Morgan fingerprint density at radius 1 is 1.31 bits per heavy atom. The molecule has 2 aromatic carbocycles.